The molecule has 1 aliphatic carbocycles. The summed E-state index contributed by atoms with van der Waals surface area (Å²) in [5.74, 6) is -1.98. The van der Waals surface area contributed by atoms with Crippen LogP contribution in [0.4, 0.5) is 0 Å². The van der Waals surface area contributed by atoms with Crippen LogP contribution < -0.4 is 103 Å². The quantitative estimate of drug-likeness (QED) is 0.0886. The van der Waals surface area contributed by atoms with E-state index in [1.807, 2.05) is 0 Å². The van der Waals surface area contributed by atoms with Gasteiger partial charge in [-0.1, -0.05) is 48.6 Å². The van der Waals surface area contributed by atoms with Gasteiger partial charge in [-0.15, -0.1) is 0 Å². The van der Waals surface area contributed by atoms with Crippen molar-refractivity contribution in [2.24, 2.45) is 5.92 Å². The molecule has 0 amide bonds. The molecule has 0 saturated carbocycles. The predicted octanol–water partition coefficient (Wildman–Crippen LogP) is -5.68. The maximum atomic E-state index is 11.9. The Morgan fingerprint density at radius 3 is 1.80 bits per heavy atom. The van der Waals surface area contributed by atoms with Crippen LogP contribution in [0.25, 0.3) is 6.08 Å². The van der Waals surface area contributed by atoms with Crippen molar-refractivity contribution in [2.75, 3.05) is 0 Å². The van der Waals surface area contributed by atoms with Gasteiger partial charge in [0.25, 0.3) is 0 Å². The summed E-state index contributed by atoms with van der Waals surface area (Å²) in [4.78, 5) is 19.4. The molecular formula is C14H12K2N2O10S2. The van der Waals surface area contributed by atoms with Crippen molar-refractivity contribution >= 4 is 26.3 Å². The van der Waals surface area contributed by atoms with E-state index in [4.69, 9.17) is 0 Å². The molecule has 152 valence electrons. The van der Waals surface area contributed by atoms with Crippen molar-refractivity contribution in [3.05, 3.63) is 74.4 Å². The molecule has 0 saturated heterocycles. The van der Waals surface area contributed by atoms with Gasteiger partial charge < -0.3 is 9.11 Å². The molecule has 0 bridgehead atoms. The Kier molecular flexibility index (Phi) is 11.4. The van der Waals surface area contributed by atoms with E-state index in [2.05, 4.69) is 0 Å². The van der Waals surface area contributed by atoms with E-state index in [1.54, 1.807) is 18.2 Å². The van der Waals surface area contributed by atoms with Gasteiger partial charge in [-0.3, -0.25) is 20.2 Å². The second-order valence-electron chi connectivity index (χ2n) is 5.94. The van der Waals surface area contributed by atoms with Gasteiger partial charge in [0, 0.05) is 5.92 Å². The van der Waals surface area contributed by atoms with Crippen molar-refractivity contribution in [2.45, 2.75) is 16.2 Å². The molecule has 30 heavy (non-hydrogen) atoms. The monoisotopic (exact) mass is 510 g/mol. The first-order valence-corrected chi connectivity index (χ1v) is 10.2. The van der Waals surface area contributed by atoms with Crippen LogP contribution in [-0.2, 0) is 20.2 Å². The molecule has 12 nitrogen and oxygen atoms in total. The summed E-state index contributed by atoms with van der Waals surface area (Å²) in [5.41, 5.74) is -3.04. The summed E-state index contributed by atoms with van der Waals surface area (Å²) in [6.07, 6.45) is 0.991. The third-order valence-corrected chi connectivity index (χ3v) is 8.11. The number of hydrogen-bond donors (Lipinski definition) is 0. The summed E-state index contributed by atoms with van der Waals surface area (Å²) >= 11 is 0. The standard InChI is InChI=1S/C14H14N2O10S2.2K/c17-15(18)13(16(19)20)9-8-12(7-6-11-4-2-1-3-5-11)14(10-13,27(21,22)23)28(24,25)26;;/h1-9,12H,10H2,(H,21,22,23)(H,24,25,26);;/q;2*+1/p-2. The molecule has 0 spiro atoms. The minimum atomic E-state index is -6.10. The SMILES string of the molecule is O=[N+]([O-])C1([N+](=O)[O-])C=CC(C=Cc2ccccc2)C(S(=O)(=O)[O-])(S(=O)(=O)[O-])C1.[K+].[K+]. The largest absolute Gasteiger partial charge is 1.00 e. The number of benzene rings is 1. The van der Waals surface area contributed by atoms with Crippen molar-refractivity contribution in [3.8, 4) is 0 Å². The molecule has 1 atom stereocenters. The fourth-order valence-corrected chi connectivity index (χ4v) is 5.65. The molecule has 1 unspecified atom stereocenters. The van der Waals surface area contributed by atoms with Gasteiger partial charge in [-0.25, -0.2) is 16.8 Å². The molecular weight excluding hydrogens is 498 g/mol. The van der Waals surface area contributed by atoms with Crippen LogP contribution in [0.15, 0.2) is 48.6 Å². The number of nitro groups is 2. The molecule has 0 aliphatic heterocycles. The van der Waals surface area contributed by atoms with Crippen LogP contribution in [0.2, 0.25) is 0 Å². The first-order valence-electron chi connectivity index (χ1n) is 7.40. The van der Waals surface area contributed by atoms with Crippen molar-refractivity contribution in [1.82, 2.24) is 0 Å². The molecule has 1 aromatic rings. The van der Waals surface area contributed by atoms with Gasteiger partial charge >= 0.3 is 108 Å². The second-order valence-corrected chi connectivity index (χ2v) is 9.48. The van der Waals surface area contributed by atoms with Crippen molar-refractivity contribution in [3.63, 3.8) is 0 Å². The van der Waals surface area contributed by atoms with Gasteiger partial charge in [-0.05, 0) is 5.56 Å². The van der Waals surface area contributed by atoms with Gasteiger partial charge in [0.05, 0.1) is 6.08 Å². The zero-order valence-electron chi connectivity index (χ0n) is 15.8. The molecule has 0 radical (unpaired) electrons. The van der Waals surface area contributed by atoms with Gasteiger partial charge in [-0.2, -0.15) is 0 Å². The van der Waals surface area contributed by atoms with E-state index in [9.17, 15) is 46.2 Å². The Labute approximate surface area is 256 Å². The average molecular weight is 511 g/mol. The zero-order valence-corrected chi connectivity index (χ0v) is 23.7. The molecule has 0 heterocycles. The van der Waals surface area contributed by atoms with Crippen LogP contribution in [0.3, 0.4) is 0 Å². The Bertz CT molecular complexity index is 1030. The summed E-state index contributed by atoms with van der Waals surface area (Å²) < 4.78 is 67.3. The minimum absolute atomic E-state index is 0. The van der Waals surface area contributed by atoms with Crippen LogP contribution in [0.5, 0.6) is 0 Å². The van der Waals surface area contributed by atoms with Gasteiger partial charge in [0.15, 0.2) is 4.08 Å². The normalized spacial score (nSPS) is 20.0. The number of allylic oxidation sites excluding steroid dienone is 2. The Hall–Kier alpha value is 0.593. The molecule has 0 aromatic heterocycles. The Morgan fingerprint density at radius 1 is 0.933 bits per heavy atom. The van der Waals surface area contributed by atoms with Crippen LogP contribution in [-0.4, -0.2) is 45.5 Å². The van der Waals surface area contributed by atoms with Gasteiger partial charge in [0.2, 0.25) is 0 Å². The van der Waals surface area contributed by atoms with Gasteiger partial charge in [0.1, 0.15) is 36.5 Å². The zero-order chi connectivity index (χ0) is 21.4. The molecule has 1 aliphatic rings. The Balaban J connectivity index is 0.00000420. The first kappa shape index (κ1) is 30.6. The molecule has 0 fully saturated rings. The second kappa shape index (κ2) is 11.1. The summed E-state index contributed by atoms with van der Waals surface area (Å²) in [6, 6.07) is 7.88. The van der Waals surface area contributed by atoms with Crippen molar-refractivity contribution < 1.29 is 139 Å². The maximum absolute atomic E-state index is 11.9. The molecule has 1 aromatic carbocycles. The molecule has 2 rings (SSSR count). The minimum Gasteiger partial charge on any atom is -0.747 e. The smallest absolute Gasteiger partial charge is 0.747 e. The van der Waals surface area contributed by atoms with E-state index in [0.717, 1.165) is 6.08 Å². The molecule has 0 N–H and O–H groups in total. The van der Waals surface area contributed by atoms with E-state index in [0.29, 0.717) is 17.7 Å². The third-order valence-electron chi connectivity index (χ3n) is 4.36. The summed E-state index contributed by atoms with van der Waals surface area (Å²) in [7, 11) is -12.2. The van der Waals surface area contributed by atoms with Crippen molar-refractivity contribution in [1.29, 1.82) is 0 Å². The van der Waals surface area contributed by atoms with E-state index < -0.39 is 52.2 Å². The fourth-order valence-electron chi connectivity index (χ4n) is 2.89. The van der Waals surface area contributed by atoms with Crippen LogP contribution in [0, 0.1) is 26.1 Å². The Morgan fingerprint density at radius 2 is 1.40 bits per heavy atom. The molecule has 16 heteroatoms. The van der Waals surface area contributed by atoms with Crippen LogP contribution in [0.1, 0.15) is 12.0 Å². The van der Waals surface area contributed by atoms with E-state index in [-0.39, 0.29) is 103 Å². The fraction of sp³-hybridized carbons (Fsp3) is 0.286. The number of rotatable bonds is 6. The summed E-state index contributed by atoms with van der Waals surface area (Å²) in [5, 5.41) is 22.5. The predicted molar refractivity (Wildman–Crippen MR) is 91.6 cm³/mol. The van der Waals surface area contributed by atoms with E-state index in [1.165, 1.54) is 18.2 Å². The van der Waals surface area contributed by atoms with Crippen LogP contribution >= 0.6 is 0 Å². The number of hydrogen-bond acceptors (Lipinski definition) is 10. The average Bonchev–Trinajstić information content (AvgIpc) is 2.58. The third kappa shape index (κ3) is 5.74. The van der Waals surface area contributed by atoms with E-state index >= 15 is 0 Å². The first-order chi connectivity index (χ1) is 12.8. The number of nitrogens with zero attached hydrogens (tertiary/aromatic N) is 2. The summed E-state index contributed by atoms with van der Waals surface area (Å²) in [6.45, 7) is 0. The topological polar surface area (TPSA) is 201 Å². The maximum Gasteiger partial charge on any atom is 1.00 e.